The smallest absolute Gasteiger partial charge is 0.00104 e. The first-order valence-corrected chi connectivity index (χ1v) is 7.96. The van der Waals surface area contributed by atoms with E-state index in [1.165, 1.54) is 16.7 Å². The van der Waals surface area contributed by atoms with Gasteiger partial charge >= 0.3 is 0 Å². The van der Waals surface area contributed by atoms with Crippen molar-refractivity contribution >= 4 is 0 Å². The van der Waals surface area contributed by atoms with Crippen molar-refractivity contribution in [2.45, 2.75) is 39.7 Å². The van der Waals surface area contributed by atoms with Crippen LogP contribution >= 0.6 is 0 Å². The summed E-state index contributed by atoms with van der Waals surface area (Å²) < 4.78 is 0. The second-order valence-electron chi connectivity index (χ2n) is 6.32. The molecule has 2 atom stereocenters. The number of hydrogen-bond acceptors (Lipinski definition) is 1. The molecule has 2 aromatic rings. The summed E-state index contributed by atoms with van der Waals surface area (Å²) in [7, 11) is 0. The highest BCUT2D eigenvalue weighted by molar-refractivity contribution is 5.63. The molecule has 1 N–H and O–H groups in total. The van der Waals surface area contributed by atoms with Gasteiger partial charge in [-0.25, -0.2) is 0 Å². The van der Waals surface area contributed by atoms with Gasteiger partial charge in [0, 0.05) is 6.04 Å². The summed E-state index contributed by atoms with van der Waals surface area (Å²) in [4.78, 5) is 0. The molecule has 21 heavy (non-hydrogen) atoms. The third-order valence-electron chi connectivity index (χ3n) is 4.25. The highest BCUT2D eigenvalue weighted by Crippen LogP contribution is 2.26. The molecule has 0 spiro atoms. The Morgan fingerprint density at radius 3 is 1.90 bits per heavy atom. The lowest BCUT2D eigenvalue weighted by atomic mass is 9.88. The number of rotatable bonds is 6. The molecule has 1 nitrogen and oxygen atoms in total. The van der Waals surface area contributed by atoms with E-state index in [4.69, 9.17) is 0 Å². The lowest BCUT2D eigenvalue weighted by molar-refractivity contribution is 0.426. The Bertz CT molecular complexity index is 528. The number of hydrogen-bond donors (Lipinski definition) is 1. The minimum absolute atomic E-state index is 0.556. The monoisotopic (exact) mass is 281 g/mol. The molecule has 0 bridgehead atoms. The lowest BCUT2D eigenvalue weighted by Crippen LogP contribution is -2.29. The van der Waals surface area contributed by atoms with Gasteiger partial charge in [0.1, 0.15) is 0 Å². The largest absolute Gasteiger partial charge is 0.314 e. The van der Waals surface area contributed by atoms with E-state index in [0.29, 0.717) is 17.9 Å². The molecule has 0 fully saturated rings. The first-order chi connectivity index (χ1) is 10.1. The molecule has 0 aliphatic rings. The summed E-state index contributed by atoms with van der Waals surface area (Å²) in [5.74, 6) is 1.20. The second-order valence-corrected chi connectivity index (χ2v) is 6.32. The topological polar surface area (TPSA) is 12.0 Å². The fourth-order valence-electron chi connectivity index (χ4n) is 2.54. The van der Waals surface area contributed by atoms with Gasteiger partial charge in [-0.1, -0.05) is 82.3 Å². The highest BCUT2D eigenvalue weighted by atomic mass is 14.9. The van der Waals surface area contributed by atoms with Gasteiger partial charge in [0.25, 0.3) is 0 Å². The van der Waals surface area contributed by atoms with Crippen LogP contribution in [0, 0.1) is 5.92 Å². The van der Waals surface area contributed by atoms with Gasteiger partial charge in [0.15, 0.2) is 0 Å². The minimum Gasteiger partial charge on any atom is -0.314 e. The van der Waals surface area contributed by atoms with Crippen molar-refractivity contribution in [1.29, 1.82) is 0 Å². The van der Waals surface area contributed by atoms with E-state index in [9.17, 15) is 0 Å². The van der Waals surface area contributed by atoms with Crippen molar-refractivity contribution < 1.29 is 0 Å². The van der Waals surface area contributed by atoms with E-state index in [2.05, 4.69) is 87.6 Å². The molecule has 0 aliphatic heterocycles. The third-order valence-corrected chi connectivity index (χ3v) is 4.25. The quantitative estimate of drug-likeness (QED) is 0.777. The zero-order chi connectivity index (χ0) is 15.2. The molecular weight excluding hydrogens is 254 g/mol. The second kappa shape index (κ2) is 7.42. The Morgan fingerprint density at radius 2 is 1.33 bits per heavy atom. The molecule has 0 radical (unpaired) electrons. The SMILES string of the molecule is CC(C)NCC(C)C(C)c1ccc(-c2ccccc2)cc1. The fourth-order valence-corrected chi connectivity index (χ4v) is 2.54. The van der Waals surface area contributed by atoms with Crippen LogP contribution in [-0.4, -0.2) is 12.6 Å². The Balaban J connectivity index is 2.04. The average molecular weight is 281 g/mol. The first kappa shape index (κ1) is 15.8. The van der Waals surface area contributed by atoms with Crippen molar-refractivity contribution in [3.05, 3.63) is 60.2 Å². The van der Waals surface area contributed by atoms with Crippen LogP contribution in [0.25, 0.3) is 11.1 Å². The van der Waals surface area contributed by atoms with Crippen LogP contribution in [0.4, 0.5) is 0 Å². The molecule has 0 saturated carbocycles. The van der Waals surface area contributed by atoms with Crippen molar-refractivity contribution in [1.82, 2.24) is 5.32 Å². The molecule has 2 rings (SSSR count). The standard InChI is InChI=1S/C20H27N/c1-15(2)21-14-16(3)17(4)18-10-12-20(13-11-18)19-8-6-5-7-9-19/h5-13,15-17,21H,14H2,1-4H3. The van der Waals surface area contributed by atoms with E-state index >= 15 is 0 Å². The molecular formula is C20H27N. The first-order valence-electron chi connectivity index (χ1n) is 7.96. The molecule has 1 heteroatoms. The van der Waals surface area contributed by atoms with Crippen molar-refractivity contribution in [3.8, 4) is 11.1 Å². The maximum absolute atomic E-state index is 3.53. The predicted molar refractivity (Wildman–Crippen MR) is 92.6 cm³/mol. The number of benzene rings is 2. The van der Waals surface area contributed by atoms with E-state index < -0.39 is 0 Å². The van der Waals surface area contributed by atoms with Crippen LogP contribution in [0.2, 0.25) is 0 Å². The van der Waals surface area contributed by atoms with Gasteiger partial charge in [-0.3, -0.25) is 0 Å². The summed E-state index contributed by atoms with van der Waals surface area (Å²) in [5.41, 5.74) is 4.00. The molecule has 2 unspecified atom stereocenters. The van der Waals surface area contributed by atoms with Crippen molar-refractivity contribution in [3.63, 3.8) is 0 Å². The Labute approximate surface area is 129 Å². The Morgan fingerprint density at radius 1 is 0.762 bits per heavy atom. The van der Waals surface area contributed by atoms with Gasteiger partial charge < -0.3 is 5.32 Å². The predicted octanol–water partition coefficient (Wildman–Crippen LogP) is 5.09. The lowest BCUT2D eigenvalue weighted by Gasteiger charge is -2.22. The Hall–Kier alpha value is -1.60. The van der Waals surface area contributed by atoms with Crippen molar-refractivity contribution in [2.24, 2.45) is 5.92 Å². The van der Waals surface area contributed by atoms with E-state index in [-0.39, 0.29) is 0 Å². The zero-order valence-corrected chi connectivity index (χ0v) is 13.6. The van der Waals surface area contributed by atoms with Crippen LogP contribution in [0.15, 0.2) is 54.6 Å². The highest BCUT2D eigenvalue weighted by Gasteiger charge is 2.14. The van der Waals surface area contributed by atoms with Crippen LogP contribution < -0.4 is 5.32 Å². The van der Waals surface area contributed by atoms with Gasteiger partial charge in [0.05, 0.1) is 0 Å². The van der Waals surface area contributed by atoms with Crippen molar-refractivity contribution in [2.75, 3.05) is 6.54 Å². The molecule has 2 aromatic carbocycles. The normalized spacial score (nSPS) is 14.1. The third kappa shape index (κ3) is 4.44. The van der Waals surface area contributed by atoms with Crippen LogP contribution in [0.5, 0.6) is 0 Å². The maximum atomic E-state index is 3.53. The van der Waals surface area contributed by atoms with Gasteiger partial charge in [-0.2, -0.15) is 0 Å². The summed E-state index contributed by atoms with van der Waals surface area (Å²) >= 11 is 0. The number of nitrogens with one attached hydrogen (secondary N) is 1. The zero-order valence-electron chi connectivity index (χ0n) is 13.6. The maximum Gasteiger partial charge on any atom is 0.00104 e. The van der Waals surface area contributed by atoms with E-state index in [1.807, 2.05) is 0 Å². The summed E-state index contributed by atoms with van der Waals surface area (Å²) in [6.07, 6.45) is 0. The summed E-state index contributed by atoms with van der Waals surface area (Å²) in [5, 5.41) is 3.53. The van der Waals surface area contributed by atoms with Crippen LogP contribution in [0.3, 0.4) is 0 Å². The molecule has 0 aliphatic carbocycles. The van der Waals surface area contributed by atoms with Gasteiger partial charge in [-0.05, 0) is 35.1 Å². The fraction of sp³-hybridized carbons (Fsp3) is 0.400. The summed E-state index contributed by atoms with van der Waals surface area (Å²) in [6.45, 7) is 10.1. The van der Waals surface area contributed by atoms with Crippen LogP contribution in [-0.2, 0) is 0 Å². The van der Waals surface area contributed by atoms with E-state index in [1.54, 1.807) is 0 Å². The summed E-state index contributed by atoms with van der Waals surface area (Å²) in [6, 6.07) is 20.1. The average Bonchev–Trinajstić information content (AvgIpc) is 2.53. The molecule has 0 saturated heterocycles. The van der Waals surface area contributed by atoms with Gasteiger partial charge in [-0.15, -0.1) is 0 Å². The minimum atomic E-state index is 0.556. The van der Waals surface area contributed by atoms with Crippen LogP contribution in [0.1, 0.15) is 39.2 Å². The molecule has 0 amide bonds. The van der Waals surface area contributed by atoms with E-state index in [0.717, 1.165) is 6.54 Å². The molecule has 112 valence electrons. The van der Waals surface area contributed by atoms with Gasteiger partial charge in [0.2, 0.25) is 0 Å². The molecule has 0 aromatic heterocycles. The molecule has 0 heterocycles. The Kier molecular flexibility index (Phi) is 5.58.